The fourth-order valence-corrected chi connectivity index (χ4v) is 3.35. The molecule has 11 heteroatoms. The van der Waals surface area contributed by atoms with Crippen molar-refractivity contribution >= 4 is 17.7 Å². The molecule has 1 amide bonds. The largest absolute Gasteiger partial charge is 0.413 e. The van der Waals surface area contributed by atoms with E-state index in [1.165, 1.54) is 16.9 Å². The standard InChI is InChI=1S/C22H19ClFN7O2/c1-3-21-28-29-30-31(21)16-8-14(18-5-4-15(23)10-19(18)24)9-17(11-16)33-22(32)27-13(2)20-12-25-6-7-26-20/h4-13H,3H2,1-2H3,(H,27,32). The number of nitrogens with zero attached hydrogens (tertiary/aromatic N) is 6. The first-order chi connectivity index (χ1) is 15.9. The fraction of sp³-hybridized carbons (Fsp3) is 0.182. The summed E-state index contributed by atoms with van der Waals surface area (Å²) in [6.07, 6.45) is 4.49. The summed E-state index contributed by atoms with van der Waals surface area (Å²) in [5.41, 5.74) is 1.83. The van der Waals surface area contributed by atoms with Crippen LogP contribution >= 0.6 is 11.6 Å². The molecular formula is C22H19ClFN7O2. The van der Waals surface area contributed by atoms with Crippen LogP contribution in [0, 0.1) is 5.82 Å². The van der Waals surface area contributed by atoms with Crippen LogP contribution in [0.25, 0.3) is 16.8 Å². The number of halogens is 2. The van der Waals surface area contributed by atoms with Gasteiger partial charge in [0, 0.05) is 35.5 Å². The lowest BCUT2D eigenvalue weighted by atomic mass is 10.0. The van der Waals surface area contributed by atoms with Crippen LogP contribution in [-0.4, -0.2) is 36.3 Å². The molecule has 0 spiro atoms. The summed E-state index contributed by atoms with van der Waals surface area (Å²) >= 11 is 5.90. The lowest BCUT2D eigenvalue weighted by molar-refractivity contribution is 0.196. The van der Waals surface area contributed by atoms with Crippen LogP contribution in [0.15, 0.2) is 55.0 Å². The highest BCUT2D eigenvalue weighted by atomic mass is 35.5. The summed E-state index contributed by atoms with van der Waals surface area (Å²) in [5.74, 6) is 0.257. The number of amides is 1. The van der Waals surface area contributed by atoms with Gasteiger partial charge in [0.15, 0.2) is 5.82 Å². The van der Waals surface area contributed by atoms with Crippen molar-refractivity contribution in [3.63, 3.8) is 0 Å². The molecule has 4 aromatic rings. The van der Waals surface area contributed by atoms with Crippen molar-refractivity contribution in [1.29, 1.82) is 0 Å². The van der Waals surface area contributed by atoms with Gasteiger partial charge in [0.1, 0.15) is 11.6 Å². The van der Waals surface area contributed by atoms with E-state index in [1.807, 2.05) is 6.92 Å². The maximum absolute atomic E-state index is 14.6. The maximum atomic E-state index is 14.6. The quantitative estimate of drug-likeness (QED) is 0.449. The summed E-state index contributed by atoms with van der Waals surface area (Å²) in [6, 6.07) is 8.77. The van der Waals surface area contributed by atoms with Crippen LogP contribution < -0.4 is 10.1 Å². The first-order valence-corrected chi connectivity index (χ1v) is 10.4. The van der Waals surface area contributed by atoms with E-state index in [2.05, 4.69) is 30.8 Å². The van der Waals surface area contributed by atoms with E-state index in [0.717, 1.165) is 0 Å². The summed E-state index contributed by atoms with van der Waals surface area (Å²) in [6.45, 7) is 3.66. The molecule has 4 rings (SSSR count). The Morgan fingerprint density at radius 1 is 1.24 bits per heavy atom. The van der Waals surface area contributed by atoms with Crippen molar-refractivity contribution in [2.24, 2.45) is 0 Å². The predicted octanol–water partition coefficient (Wildman–Crippen LogP) is 4.32. The van der Waals surface area contributed by atoms with E-state index >= 15 is 0 Å². The Balaban J connectivity index is 1.68. The van der Waals surface area contributed by atoms with Gasteiger partial charge in [-0.1, -0.05) is 18.5 Å². The van der Waals surface area contributed by atoms with E-state index < -0.39 is 18.0 Å². The molecule has 0 fully saturated rings. The summed E-state index contributed by atoms with van der Waals surface area (Å²) in [5, 5.41) is 14.7. The highest BCUT2D eigenvalue weighted by molar-refractivity contribution is 6.30. The Bertz CT molecular complexity index is 1280. The Labute approximate surface area is 193 Å². The van der Waals surface area contributed by atoms with Crippen molar-refractivity contribution in [1.82, 2.24) is 35.5 Å². The number of aryl methyl sites for hydroxylation is 1. The number of nitrogens with one attached hydrogen (secondary N) is 1. The molecule has 0 saturated heterocycles. The van der Waals surface area contributed by atoms with Crippen molar-refractivity contribution in [3.05, 3.63) is 77.3 Å². The molecule has 1 N–H and O–H groups in total. The van der Waals surface area contributed by atoms with Crippen LogP contribution in [-0.2, 0) is 6.42 Å². The molecule has 0 aliphatic carbocycles. The fourth-order valence-electron chi connectivity index (χ4n) is 3.19. The van der Waals surface area contributed by atoms with Gasteiger partial charge in [-0.2, -0.15) is 4.68 Å². The molecular weight excluding hydrogens is 449 g/mol. The number of tetrazole rings is 1. The van der Waals surface area contributed by atoms with Crippen molar-refractivity contribution < 1.29 is 13.9 Å². The van der Waals surface area contributed by atoms with Gasteiger partial charge in [0.2, 0.25) is 0 Å². The first kappa shape index (κ1) is 22.3. The van der Waals surface area contributed by atoms with E-state index in [0.29, 0.717) is 29.2 Å². The van der Waals surface area contributed by atoms with Crippen LogP contribution in [0.1, 0.15) is 31.4 Å². The average Bonchev–Trinajstić information content (AvgIpc) is 3.28. The number of aromatic nitrogens is 6. The SMILES string of the molecule is CCc1nnnn1-c1cc(OC(=O)NC(C)c2cnccn2)cc(-c2ccc(Cl)cc2F)c1. The second-order valence-corrected chi connectivity index (χ2v) is 7.52. The van der Waals surface area contributed by atoms with Crippen LogP contribution in [0.2, 0.25) is 5.02 Å². The number of hydrogen-bond donors (Lipinski definition) is 1. The Kier molecular flexibility index (Phi) is 6.55. The number of ether oxygens (including phenoxy) is 1. The zero-order valence-corrected chi connectivity index (χ0v) is 18.5. The van der Waals surface area contributed by atoms with Crippen molar-refractivity contribution in [3.8, 4) is 22.6 Å². The monoisotopic (exact) mass is 467 g/mol. The molecule has 2 aromatic carbocycles. The predicted molar refractivity (Wildman–Crippen MR) is 119 cm³/mol. The smallest absolute Gasteiger partial charge is 0.410 e. The van der Waals surface area contributed by atoms with E-state index in [-0.39, 0.29) is 16.3 Å². The number of carbonyl (C=O) groups is 1. The second kappa shape index (κ2) is 9.70. The summed E-state index contributed by atoms with van der Waals surface area (Å²) in [7, 11) is 0. The van der Waals surface area contributed by atoms with Crippen LogP contribution in [0.4, 0.5) is 9.18 Å². The highest BCUT2D eigenvalue weighted by Crippen LogP contribution is 2.31. The minimum Gasteiger partial charge on any atom is -0.410 e. The number of benzene rings is 2. The van der Waals surface area contributed by atoms with Gasteiger partial charge in [-0.05, 0) is 53.2 Å². The van der Waals surface area contributed by atoms with E-state index in [1.54, 1.807) is 49.6 Å². The number of rotatable bonds is 6. The third-order valence-electron chi connectivity index (χ3n) is 4.80. The second-order valence-electron chi connectivity index (χ2n) is 7.09. The van der Waals surface area contributed by atoms with E-state index in [9.17, 15) is 9.18 Å². The molecule has 0 bridgehead atoms. The van der Waals surface area contributed by atoms with Gasteiger partial charge < -0.3 is 10.1 Å². The Hall–Kier alpha value is -3.92. The van der Waals surface area contributed by atoms with E-state index in [4.69, 9.17) is 16.3 Å². The highest BCUT2D eigenvalue weighted by Gasteiger charge is 2.17. The minimum absolute atomic E-state index is 0.179. The maximum Gasteiger partial charge on any atom is 0.413 e. The van der Waals surface area contributed by atoms with Crippen molar-refractivity contribution in [2.75, 3.05) is 0 Å². The third-order valence-corrected chi connectivity index (χ3v) is 5.04. The Morgan fingerprint density at radius 2 is 2.09 bits per heavy atom. The van der Waals surface area contributed by atoms with Gasteiger partial charge >= 0.3 is 6.09 Å². The van der Waals surface area contributed by atoms with Gasteiger partial charge in [0.05, 0.1) is 23.6 Å². The number of hydrogen-bond acceptors (Lipinski definition) is 7. The first-order valence-electron chi connectivity index (χ1n) is 10.1. The topological polar surface area (TPSA) is 108 Å². The molecule has 0 saturated carbocycles. The molecule has 33 heavy (non-hydrogen) atoms. The lowest BCUT2D eigenvalue weighted by Gasteiger charge is -2.15. The molecule has 0 aliphatic heterocycles. The van der Waals surface area contributed by atoms with Gasteiger partial charge in [-0.25, -0.2) is 9.18 Å². The van der Waals surface area contributed by atoms with Gasteiger partial charge in [-0.3, -0.25) is 9.97 Å². The summed E-state index contributed by atoms with van der Waals surface area (Å²) in [4.78, 5) is 20.7. The van der Waals surface area contributed by atoms with Gasteiger partial charge in [-0.15, -0.1) is 5.10 Å². The normalized spacial score (nSPS) is 11.8. The average molecular weight is 468 g/mol. The molecule has 0 radical (unpaired) electrons. The van der Waals surface area contributed by atoms with Crippen LogP contribution in [0.3, 0.4) is 0 Å². The van der Waals surface area contributed by atoms with Crippen molar-refractivity contribution in [2.45, 2.75) is 26.3 Å². The van der Waals surface area contributed by atoms with Gasteiger partial charge in [0.25, 0.3) is 0 Å². The molecule has 0 aliphatic rings. The molecule has 168 valence electrons. The molecule has 1 atom stereocenters. The van der Waals surface area contributed by atoms with Crippen LogP contribution in [0.5, 0.6) is 5.75 Å². The molecule has 9 nitrogen and oxygen atoms in total. The minimum atomic E-state index is -0.708. The molecule has 2 aromatic heterocycles. The third kappa shape index (κ3) is 5.12. The molecule has 2 heterocycles. The zero-order chi connectivity index (χ0) is 23.4. The summed E-state index contributed by atoms with van der Waals surface area (Å²) < 4.78 is 21.7. The lowest BCUT2D eigenvalue weighted by Crippen LogP contribution is -2.30. The Morgan fingerprint density at radius 3 is 2.82 bits per heavy atom. The molecule has 1 unspecified atom stereocenters. The number of carbonyl (C=O) groups excluding carboxylic acids is 1. The zero-order valence-electron chi connectivity index (χ0n) is 17.7.